The second-order valence-electron chi connectivity index (χ2n) is 3.66. The number of aromatic nitrogens is 1. The summed E-state index contributed by atoms with van der Waals surface area (Å²) in [6.07, 6.45) is -4.82. The van der Waals surface area contributed by atoms with Crippen LogP contribution in [0.3, 0.4) is 0 Å². The Labute approximate surface area is 123 Å². The van der Waals surface area contributed by atoms with Gasteiger partial charge in [-0.05, 0) is 19.9 Å². The smallest absolute Gasteiger partial charge is 0.419 e. The summed E-state index contributed by atoms with van der Waals surface area (Å²) in [5.74, 6) is -2.17. The quantitative estimate of drug-likeness (QED) is 0.628. The third-order valence-corrected chi connectivity index (χ3v) is 2.53. The molecule has 9 heteroatoms. The van der Waals surface area contributed by atoms with E-state index >= 15 is 0 Å². The van der Waals surface area contributed by atoms with Gasteiger partial charge in [-0.3, -0.25) is 0 Å². The number of esters is 2. The Balaban J connectivity index is 3.46. The Morgan fingerprint density at radius 3 is 2.19 bits per heavy atom. The largest absolute Gasteiger partial charge is 0.462 e. The van der Waals surface area contributed by atoms with E-state index in [-0.39, 0.29) is 13.2 Å². The molecule has 0 aliphatic carbocycles. The predicted octanol–water partition coefficient (Wildman–Crippen LogP) is 3.11. The van der Waals surface area contributed by atoms with Gasteiger partial charge in [0.1, 0.15) is 5.15 Å². The molecule has 0 unspecified atom stereocenters. The summed E-state index contributed by atoms with van der Waals surface area (Å²) >= 11 is 5.42. The standard InChI is InChI=1S/C12H11ClF3NO4/c1-3-20-10(18)6-5-7(12(14,15)16)9(13)17-8(6)11(19)21-4-2/h5H,3-4H2,1-2H3. The first-order valence-corrected chi connectivity index (χ1v) is 6.22. The van der Waals surface area contributed by atoms with Crippen LogP contribution in [0.5, 0.6) is 0 Å². The molecule has 1 rings (SSSR count). The number of rotatable bonds is 4. The number of halogens is 4. The minimum absolute atomic E-state index is 0.0403. The van der Waals surface area contributed by atoms with Crippen LogP contribution in [0.2, 0.25) is 5.15 Å². The van der Waals surface area contributed by atoms with Crippen LogP contribution < -0.4 is 0 Å². The van der Waals surface area contributed by atoms with Crippen LogP contribution in [-0.4, -0.2) is 30.1 Å². The Bertz CT molecular complexity index is 560. The van der Waals surface area contributed by atoms with Crippen LogP contribution in [0, 0.1) is 0 Å². The summed E-state index contributed by atoms with van der Waals surface area (Å²) in [7, 11) is 0. The van der Waals surface area contributed by atoms with Gasteiger partial charge in [-0.15, -0.1) is 0 Å². The highest BCUT2D eigenvalue weighted by Gasteiger charge is 2.37. The van der Waals surface area contributed by atoms with E-state index in [1.807, 2.05) is 0 Å². The van der Waals surface area contributed by atoms with Gasteiger partial charge in [-0.2, -0.15) is 13.2 Å². The minimum Gasteiger partial charge on any atom is -0.462 e. The molecule has 0 bridgehead atoms. The molecule has 21 heavy (non-hydrogen) atoms. The molecule has 0 atom stereocenters. The molecule has 1 aromatic heterocycles. The summed E-state index contributed by atoms with van der Waals surface area (Å²) in [6, 6.07) is 0.430. The molecule has 0 radical (unpaired) electrons. The molecule has 116 valence electrons. The van der Waals surface area contributed by atoms with Gasteiger partial charge in [0.2, 0.25) is 0 Å². The van der Waals surface area contributed by atoms with E-state index in [0.29, 0.717) is 6.07 Å². The van der Waals surface area contributed by atoms with Crippen molar-refractivity contribution in [1.82, 2.24) is 4.98 Å². The first-order chi connectivity index (χ1) is 9.72. The zero-order chi connectivity index (χ0) is 16.2. The van der Waals surface area contributed by atoms with E-state index in [9.17, 15) is 22.8 Å². The SMILES string of the molecule is CCOC(=O)c1cc(C(F)(F)F)c(Cl)nc1C(=O)OCC. The van der Waals surface area contributed by atoms with E-state index in [4.69, 9.17) is 11.6 Å². The number of nitrogens with zero attached hydrogens (tertiary/aromatic N) is 1. The highest BCUT2D eigenvalue weighted by Crippen LogP contribution is 2.35. The summed E-state index contributed by atoms with van der Waals surface area (Å²) in [6.45, 7) is 2.84. The summed E-state index contributed by atoms with van der Waals surface area (Å²) < 4.78 is 47.5. The van der Waals surface area contributed by atoms with Crippen molar-refractivity contribution in [3.8, 4) is 0 Å². The summed E-state index contributed by atoms with van der Waals surface area (Å²) in [5.41, 5.74) is -2.60. The topological polar surface area (TPSA) is 65.5 Å². The van der Waals surface area contributed by atoms with Crippen molar-refractivity contribution >= 4 is 23.5 Å². The van der Waals surface area contributed by atoms with Gasteiger partial charge in [-0.25, -0.2) is 14.6 Å². The van der Waals surface area contributed by atoms with Gasteiger partial charge < -0.3 is 9.47 Å². The molecule has 1 heterocycles. The van der Waals surface area contributed by atoms with E-state index in [0.717, 1.165) is 0 Å². The van der Waals surface area contributed by atoms with E-state index < -0.39 is 40.1 Å². The fourth-order valence-corrected chi connectivity index (χ4v) is 1.66. The van der Waals surface area contributed by atoms with Crippen molar-refractivity contribution in [2.24, 2.45) is 0 Å². The second-order valence-corrected chi connectivity index (χ2v) is 4.02. The number of pyridine rings is 1. The number of hydrogen-bond donors (Lipinski definition) is 0. The molecule has 0 aliphatic rings. The zero-order valence-corrected chi connectivity index (χ0v) is 11.8. The molecule has 0 aliphatic heterocycles. The molecule has 0 aromatic carbocycles. The fraction of sp³-hybridized carbons (Fsp3) is 0.417. The summed E-state index contributed by atoms with van der Waals surface area (Å²) in [5, 5.41) is -0.946. The third kappa shape index (κ3) is 4.07. The lowest BCUT2D eigenvalue weighted by atomic mass is 10.1. The average molecular weight is 326 g/mol. The van der Waals surface area contributed by atoms with Crippen molar-refractivity contribution in [2.45, 2.75) is 20.0 Å². The van der Waals surface area contributed by atoms with Crippen LogP contribution in [0.1, 0.15) is 40.3 Å². The molecular weight excluding hydrogens is 315 g/mol. The van der Waals surface area contributed by atoms with Crippen LogP contribution in [0.4, 0.5) is 13.2 Å². The molecule has 0 saturated heterocycles. The number of carbonyl (C=O) groups excluding carboxylic acids is 2. The van der Waals surface area contributed by atoms with E-state index in [1.54, 1.807) is 0 Å². The van der Waals surface area contributed by atoms with Crippen LogP contribution in [0.25, 0.3) is 0 Å². The van der Waals surface area contributed by atoms with E-state index in [1.165, 1.54) is 13.8 Å². The van der Waals surface area contributed by atoms with Crippen molar-refractivity contribution < 1.29 is 32.2 Å². The maximum atomic E-state index is 12.8. The van der Waals surface area contributed by atoms with Gasteiger partial charge in [0, 0.05) is 0 Å². The van der Waals surface area contributed by atoms with Crippen molar-refractivity contribution in [3.63, 3.8) is 0 Å². The first-order valence-electron chi connectivity index (χ1n) is 5.84. The number of carbonyl (C=O) groups is 2. The van der Waals surface area contributed by atoms with Crippen LogP contribution in [-0.2, 0) is 15.7 Å². The average Bonchev–Trinajstić information content (AvgIpc) is 2.37. The molecular formula is C12H11ClF3NO4. The van der Waals surface area contributed by atoms with Gasteiger partial charge in [0.15, 0.2) is 5.69 Å². The fourth-order valence-electron chi connectivity index (χ4n) is 1.41. The van der Waals surface area contributed by atoms with Crippen molar-refractivity contribution in [1.29, 1.82) is 0 Å². The molecule has 0 saturated carbocycles. The molecule has 0 N–H and O–H groups in total. The highest BCUT2D eigenvalue weighted by atomic mass is 35.5. The molecule has 0 amide bonds. The Morgan fingerprint density at radius 1 is 1.19 bits per heavy atom. The van der Waals surface area contributed by atoms with Crippen molar-refractivity contribution in [2.75, 3.05) is 13.2 Å². The lowest BCUT2D eigenvalue weighted by Gasteiger charge is -2.13. The monoisotopic (exact) mass is 325 g/mol. The van der Waals surface area contributed by atoms with Gasteiger partial charge in [-0.1, -0.05) is 11.6 Å². The molecule has 1 aromatic rings. The first kappa shape index (κ1) is 17.2. The molecule has 5 nitrogen and oxygen atoms in total. The summed E-state index contributed by atoms with van der Waals surface area (Å²) in [4.78, 5) is 26.7. The van der Waals surface area contributed by atoms with Gasteiger partial charge in [0.05, 0.1) is 24.3 Å². The number of alkyl halides is 3. The van der Waals surface area contributed by atoms with Crippen molar-refractivity contribution in [3.05, 3.63) is 28.0 Å². The van der Waals surface area contributed by atoms with Crippen LogP contribution in [0.15, 0.2) is 6.07 Å². The maximum Gasteiger partial charge on any atom is 0.419 e. The number of ether oxygens (including phenoxy) is 2. The molecule has 0 spiro atoms. The third-order valence-electron chi connectivity index (χ3n) is 2.25. The Morgan fingerprint density at radius 2 is 1.71 bits per heavy atom. The Kier molecular flexibility index (Phi) is 5.54. The van der Waals surface area contributed by atoms with Gasteiger partial charge in [0.25, 0.3) is 0 Å². The lowest BCUT2D eigenvalue weighted by molar-refractivity contribution is -0.137. The van der Waals surface area contributed by atoms with Crippen LogP contribution >= 0.6 is 11.6 Å². The molecule has 0 fully saturated rings. The van der Waals surface area contributed by atoms with E-state index in [2.05, 4.69) is 14.5 Å². The predicted molar refractivity (Wildman–Crippen MR) is 66.2 cm³/mol. The minimum atomic E-state index is -4.82. The maximum absolute atomic E-state index is 12.8. The lowest BCUT2D eigenvalue weighted by Crippen LogP contribution is -2.19. The van der Waals surface area contributed by atoms with Gasteiger partial charge >= 0.3 is 18.1 Å². The number of hydrogen-bond acceptors (Lipinski definition) is 5. The second kappa shape index (κ2) is 6.75. The normalized spacial score (nSPS) is 11.1. The Hall–Kier alpha value is -1.83. The highest BCUT2D eigenvalue weighted by molar-refractivity contribution is 6.30. The zero-order valence-electron chi connectivity index (χ0n) is 11.1.